The van der Waals surface area contributed by atoms with E-state index in [9.17, 15) is 0 Å². The van der Waals surface area contributed by atoms with Crippen LogP contribution in [0, 0.1) is 0 Å². The van der Waals surface area contributed by atoms with Gasteiger partial charge in [0.1, 0.15) is 0 Å². The van der Waals surface area contributed by atoms with Crippen LogP contribution < -0.4 is 5.32 Å². The number of aromatic nitrogens is 4. The zero-order valence-electron chi connectivity index (χ0n) is 8.80. The molecule has 0 atom stereocenters. The van der Waals surface area contributed by atoms with Gasteiger partial charge in [-0.15, -0.1) is 0 Å². The minimum atomic E-state index is 0.832. The van der Waals surface area contributed by atoms with Crippen LogP contribution in [-0.2, 0) is 13.1 Å². The first kappa shape index (κ1) is 9.76. The van der Waals surface area contributed by atoms with Crippen LogP contribution >= 0.6 is 0 Å². The van der Waals surface area contributed by atoms with Crippen molar-refractivity contribution in [3.63, 3.8) is 0 Å². The first-order valence-electron chi connectivity index (χ1n) is 5.12. The molecule has 2 aromatic rings. The number of nitrogens with one attached hydrogen (secondary N) is 1. The highest BCUT2D eigenvalue weighted by Crippen LogP contribution is 2.02. The molecule has 0 unspecified atom stereocenters. The number of rotatable bonds is 5. The van der Waals surface area contributed by atoms with Crippen molar-refractivity contribution in [2.24, 2.45) is 0 Å². The lowest BCUT2D eigenvalue weighted by molar-refractivity contribution is 0.632. The fourth-order valence-corrected chi connectivity index (χ4v) is 1.45. The first-order chi connectivity index (χ1) is 7.40. The number of hydrogen-bond donors (Lipinski definition) is 1. The molecule has 0 aliphatic carbocycles. The standard InChI is InChI=1S/C10H15N5/c1-2-14-8-5-11-10(14)12-6-9-15-7-3-4-13-15/h3-5,7-8H,2,6,9H2,1H3,(H,11,12). The highest BCUT2D eigenvalue weighted by molar-refractivity contribution is 5.25. The van der Waals surface area contributed by atoms with E-state index in [1.165, 1.54) is 0 Å². The summed E-state index contributed by atoms with van der Waals surface area (Å²) in [6.07, 6.45) is 7.51. The Morgan fingerprint density at radius 1 is 1.33 bits per heavy atom. The summed E-state index contributed by atoms with van der Waals surface area (Å²) in [5.41, 5.74) is 0. The maximum absolute atomic E-state index is 4.23. The second-order valence-corrected chi connectivity index (χ2v) is 3.23. The van der Waals surface area contributed by atoms with Gasteiger partial charge >= 0.3 is 0 Å². The van der Waals surface area contributed by atoms with Gasteiger partial charge in [-0.2, -0.15) is 5.10 Å². The molecule has 0 aromatic carbocycles. The zero-order chi connectivity index (χ0) is 10.5. The van der Waals surface area contributed by atoms with Crippen LogP contribution in [0.1, 0.15) is 6.92 Å². The Morgan fingerprint density at radius 2 is 2.27 bits per heavy atom. The summed E-state index contributed by atoms with van der Waals surface area (Å²) in [5.74, 6) is 0.921. The largest absolute Gasteiger partial charge is 0.354 e. The molecule has 0 spiro atoms. The molecule has 5 nitrogen and oxygen atoms in total. The summed E-state index contributed by atoms with van der Waals surface area (Å²) >= 11 is 0. The van der Waals surface area contributed by atoms with Gasteiger partial charge in [-0.1, -0.05) is 0 Å². The molecular formula is C10H15N5. The lowest BCUT2D eigenvalue weighted by Gasteiger charge is -2.07. The van der Waals surface area contributed by atoms with E-state index in [2.05, 4.69) is 26.9 Å². The SMILES string of the molecule is CCn1ccnc1NCCn1cccn1. The zero-order valence-corrected chi connectivity index (χ0v) is 8.80. The van der Waals surface area contributed by atoms with E-state index < -0.39 is 0 Å². The minimum absolute atomic E-state index is 0.832. The summed E-state index contributed by atoms with van der Waals surface area (Å²) < 4.78 is 3.97. The molecule has 0 saturated carbocycles. The van der Waals surface area contributed by atoms with Crippen LogP contribution in [0.5, 0.6) is 0 Å². The lowest BCUT2D eigenvalue weighted by atomic mass is 10.6. The summed E-state index contributed by atoms with van der Waals surface area (Å²) in [6, 6.07) is 1.92. The second-order valence-electron chi connectivity index (χ2n) is 3.23. The van der Waals surface area contributed by atoms with Gasteiger partial charge in [-0.05, 0) is 13.0 Å². The Morgan fingerprint density at radius 3 is 3.00 bits per heavy atom. The average molecular weight is 205 g/mol. The summed E-state index contributed by atoms with van der Waals surface area (Å²) in [7, 11) is 0. The lowest BCUT2D eigenvalue weighted by Crippen LogP contribution is -2.13. The van der Waals surface area contributed by atoms with E-state index in [0.717, 1.165) is 25.6 Å². The van der Waals surface area contributed by atoms with Crippen LogP contribution in [0.3, 0.4) is 0 Å². The van der Waals surface area contributed by atoms with Crippen LogP contribution in [0.15, 0.2) is 30.9 Å². The molecular weight excluding hydrogens is 190 g/mol. The molecule has 0 amide bonds. The number of hydrogen-bond acceptors (Lipinski definition) is 3. The predicted octanol–water partition coefficient (Wildman–Crippen LogP) is 1.21. The van der Waals surface area contributed by atoms with E-state index in [1.54, 1.807) is 12.4 Å². The van der Waals surface area contributed by atoms with Gasteiger partial charge in [-0.3, -0.25) is 4.68 Å². The third kappa shape index (κ3) is 2.37. The predicted molar refractivity (Wildman–Crippen MR) is 58.6 cm³/mol. The fourth-order valence-electron chi connectivity index (χ4n) is 1.45. The molecule has 1 N–H and O–H groups in total. The van der Waals surface area contributed by atoms with Gasteiger partial charge in [0.05, 0.1) is 6.54 Å². The molecule has 80 valence electrons. The third-order valence-corrected chi connectivity index (χ3v) is 2.24. The van der Waals surface area contributed by atoms with Crippen molar-refractivity contribution in [1.82, 2.24) is 19.3 Å². The highest BCUT2D eigenvalue weighted by atomic mass is 15.3. The van der Waals surface area contributed by atoms with Gasteiger partial charge in [0.2, 0.25) is 5.95 Å². The van der Waals surface area contributed by atoms with E-state index in [1.807, 2.05) is 23.1 Å². The van der Waals surface area contributed by atoms with Crippen molar-refractivity contribution < 1.29 is 0 Å². The van der Waals surface area contributed by atoms with Crippen molar-refractivity contribution in [3.05, 3.63) is 30.9 Å². The van der Waals surface area contributed by atoms with Gasteiger partial charge in [0.25, 0.3) is 0 Å². The van der Waals surface area contributed by atoms with Gasteiger partial charge in [0, 0.05) is 37.9 Å². The third-order valence-electron chi connectivity index (χ3n) is 2.24. The van der Waals surface area contributed by atoms with Crippen molar-refractivity contribution in [2.75, 3.05) is 11.9 Å². The van der Waals surface area contributed by atoms with Crippen LogP contribution in [0.4, 0.5) is 5.95 Å². The topological polar surface area (TPSA) is 47.7 Å². The van der Waals surface area contributed by atoms with Gasteiger partial charge in [-0.25, -0.2) is 4.98 Å². The maximum Gasteiger partial charge on any atom is 0.202 e. The number of aryl methyl sites for hydroxylation is 1. The number of imidazole rings is 1. The second kappa shape index (κ2) is 4.63. The summed E-state index contributed by atoms with van der Waals surface area (Å²) in [4.78, 5) is 4.23. The molecule has 0 bridgehead atoms. The van der Waals surface area contributed by atoms with Crippen LogP contribution in [0.2, 0.25) is 0 Å². The fraction of sp³-hybridized carbons (Fsp3) is 0.400. The molecule has 0 aliphatic rings. The molecule has 2 heterocycles. The molecule has 0 saturated heterocycles. The Kier molecular flexibility index (Phi) is 3.02. The maximum atomic E-state index is 4.23. The number of anilines is 1. The normalized spacial score (nSPS) is 10.5. The highest BCUT2D eigenvalue weighted by Gasteiger charge is 1.98. The quantitative estimate of drug-likeness (QED) is 0.798. The van der Waals surface area contributed by atoms with Gasteiger partial charge < -0.3 is 9.88 Å². The summed E-state index contributed by atoms with van der Waals surface area (Å²) in [6.45, 7) is 4.72. The van der Waals surface area contributed by atoms with Crippen LogP contribution in [-0.4, -0.2) is 25.9 Å². The van der Waals surface area contributed by atoms with Crippen molar-refractivity contribution in [3.8, 4) is 0 Å². The van der Waals surface area contributed by atoms with Gasteiger partial charge in [0.15, 0.2) is 0 Å². The van der Waals surface area contributed by atoms with E-state index in [4.69, 9.17) is 0 Å². The smallest absolute Gasteiger partial charge is 0.202 e. The molecule has 0 aliphatic heterocycles. The molecule has 5 heteroatoms. The monoisotopic (exact) mass is 205 g/mol. The van der Waals surface area contributed by atoms with E-state index >= 15 is 0 Å². The van der Waals surface area contributed by atoms with Crippen molar-refractivity contribution in [1.29, 1.82) is 0 Å². The summed E-state index contributed by atoms with van der Waals surface area (Å²) in [5, 5.41) is 7.40. The molecule has 0 radical (unpaired) electrons. The van der Waals surface area contributed by atoms with Crippen molar-refractivity contribution in [2.45, 2.75) is 20.0 Å². The minimum Gasteiger partial charge on any atom is -0.354 e. The van der Waals surface area contributed by atoms with E-state index in [0.29, 0.717) is 0 Å². The molecule has 0 fully saturated rings. The van der Waals surface area contributed by atoms with E-state index in [-0.39, 0.29) is 0 Å². The Bertz CT molecular complexity index is 390. The van der Waals surface area contributed by atoms with Crippen molar-refractivity contribution >= 4 is 5.95 Å². The average Bonchev–Trinajstić information content (AvgIpc) is 2.88. The van der Waals surface area contributed by atoms with Crippen LogP contribution in [0.25, 0.3) is 0 Å². The molecule has 15 heavy (non-hydrogen) atoms. The first-order valence-corrected chi connectivity index (χ1v) is 5.12. The Hall–Kier alpha value is -1.78. The number of nitrogens with zero attached hydrogens (tertiary/aromatic N) is 4. The Labute approximate surface area is 88.7 Å². The Balaban J connectivity index is 1.83. The molecule has 2 rings (SSSR count). The molecule has 2 aromatic heterocycles.